The third-order valence-corrected chi connectivity index (χ3v) is 12.1. The van der Waals surface area contributed by atoms with E-state index in [2.05, 4.69) is 82.6 Å². The van der Waals surface area contributed by atoms with E-state index in [0.29, 0.717) is 0 Å². The van der Waals surface area contributed by atoms with E-state index >= 15 is 0 Å². The first kappa shape index (κ1) is 27.1. The maximum Gasteiger partial charge on any atom is 0.188 e. The van der Waals surface area contributed by atoms with E-state index in [1.165, 1.54) is 21.0 Å². The zero-order valence-corrected chi connectivity index (χ0v) is 24.3. The number of hydrogen-bond donors (Lipinski definition) is 0. The Hall–Kier alpha value is -1.18. The van der Waals surface area contributed by atoms with Gasteiger partial charge in [-0.25, -0.2) is 0 Å². The van der Waals surface area contributed by atoms with E-state index in [1.54, 1.807) is 14.2 Å². The summed E-state index contributed by atoms with van der Waals surface area (Å²) in [6.45, 7) is 17.0. The smallest absolute Gasteiger partial charge is 0.188 e. The standard InChI is InChI=1S/C25H41O4PSi2/c1-10-17-30(20-13-11-15-22(31(4,5)6)24(20)28-18-26-2)21-14-12-16-23(32(7,8)9)25(21)29-19-27-3/h11-16H,10,17-19H2,1-9H3. The predicted octanol–water partition coefficient (Wildman–Crippen LogP) is 4.59. The zero-order valence-electron chi connectivity index (χ0n) is 21.4. The van der Waals surface area contributed by atoms with Crippen molar-refractivity contribution in [2.24, 2.45) is 0 Å². The lowest BCUT2D eigenvalue weighted by Crippen LogP contribution is -2.42. The lowest BCUT2D eigenvalue weighted by Gasteiger charge is -2.30. The molecule has 0 N–H and O–H groups in total. The molecule has 0 unspecified atom stereocenters. The third-order valence-electron chi connectivity index (χ3n) is 5.28. The Morgan fingerprint density at radius 3 is 1.41 bits per heavy atom. The molecule has 0 saturated heterocycles. The normalized spacial score (nSPS) is 12.3. The highest BCUT2D eigenvalue weighted by atomic mass is 31.1. The van der Waals surface area contributed by atoms with E-state index < -0.39 is 24.1 Å². The van der Waals surface area contributed by atoms with E-state index in [1.807, 2.05) is 0 Å². The third kappa shape index (κ3) is 6.67. The summed E-state index contributed by atoms with van der Waals surface area (Å²) in [5.41, 5.74) is 0. The fourth-order valence-electron chi connectivity index (χ4n) is 3.79. The molecule has 7 heteroatoms. The van der Waals surface area contributed by atoms with E-state index in [9.17, 15) is 0 Å². The van der Waals surface area contributed by atoms with Crippen LogP contribution in [0, 0.1) is 0 Å². The first-order valence-corrected chi connectivity index (χ1v) is 19.9. The van der Waals surface area contributed by atoms with Crippen LogP contribution in [0.25, 0.3) is 0 Å². The molecule has 2 aromatic carbocycles. The highest BCUT2D eigenvalue weighted by molar-refractivity contribution is 7.73. The van der Waals surface area contributed by atoms with Gasteiger partial charge in [-0.15, -0.1) is 0 Å². The van der Waals surface area contributed by atoms with Crippen LogP contribution in [0.1, 0.15) is 13.3 Å². The molecule has 0 aliphatic heterocycles. The van der Waals surface area contributed by atoms with Crippen LogP contribution in [0.15, 0.2) is 36.4 Å². The minimum absolute atomic E-state index is 0.256. The van der Waals surface area contributed by atoms with Crippen LogP contribution in [-0.4, -0.2) is 50.1 Å². The average molecular weight is 493 g/mol. The van der Waals surface area contributed by atoms with E-state index in [-0.39, 0.29) is 13.6 Å². The van der Waals surface area contributed by atoms with Crippen LogP contribution < -0.4 is 30.5 Å². The van der Waals surface area contributed by atoms with Gasteiger partial charge in [0, 0.05) is 24.8 Å². The van der Waals surface area contributed by atoms with Crippen molar-refractivity contribution in [1.29, 1.82) is 0 Å². The summed E-state index contributed by atoms with van der Waals surface area (Å²) < 4.78 is 23.2. The minimum Gasteiger partial charge on any atom is -0.467 e. The molecule has 0 atom stereocenters. The topological polar surface area (TPSA) is 36.9 Å². The molecule has 0 spiro atoms. The van der Waals surface area contributed by atoms with Crippen molar-refractivity contribution in [1.82, 2.24) is 0 Å². The number of benzene rings is 2. The molecule has 2 rings (SSSR count). The molecule has 2 aromatic rings. The van der Waals surface area contributed by atoms with E-state index in [4.69, 9.17) is 18.9 Å². The van der Waals surface area contributed by atoms with Crippen LogP contribution in [-0.2, 0) is 9.47 Å². The summed E-state index contributed by atoms with van der Waals surface area (Å²) in [4.78, 5) is 0. The second kappa shape index (κ2) is 11.8. The highest BCUT2D eigenvalue weighted by Crippen LogP contribution is 2.41. The predicted molar refractivity (Wildman–Crippen MR) is 145 cm³/mol. The number of hydrogen-bond acceptors (Lipinski definition) is 4. The van der Waals surface area contributed by atoms with Gasteiger partial charge in [-0.1, -0.05) is 89.0 Å². The maximum absolute atomic E-state index is 6.28. The Kier molecular flexibility index (Phi) is 9.98. The van der Waals surface area contributed by atoms with Gasteiger partial charge in [0.05, 0.1) is 16.1 Å². The Morgan fingerprint density at radius 1 is 0.688 bits per heavy atom. The van der Waals surface area contributed by atoms with Gasteiger partial charge in [0.25, 0.3) is 0 Å². The molecule has 0 aliphatic carbocycles. The molecular formula is C25H41O4PSi2. The molecule has 0 radical (unpaired) electrons. The van der Waals surface area contributed by atoms with Crippen molar-refractivity contribution in [3.05, 3.63) is 36.4 Å². The van der Waals surface area contributed by atoms with Gasteiger partial charge in [0.2, 0.25) is 0 Å². The maximum atomic E-state index is 6.28. The number of methoxy groups -OCH3 is 2. The molecule has 178 valence electrons. The molecule has 32 heavy (non-hydrogen) atoms. The van der Waals surface area contributed by atoms with Gasteiger partial charge in [-0.2, -0.15) is 0 Å². The molecule has 0 aromatic heterocycles. The molecule has 0 fully saturated rings. The van der Waals surface area contributed by atoms with Gasteiger partial charge in [-0.3, -0.25) is 0 Å². The lowest BCUT2D eigenvalue weighted by atomic mass is 10.3. The van der Waals surface area contributed by atoms with Crippen molar-refractivity contribution in [3.63, 3.8) is 0 Å². The summed E-state index contributed by atoms with van der Waals surface area (Å²) in [5.74, 6) is 2.04. The monoisotopic (exact) mass is 492 g/mol. The van der Waals surface area contributed by atoms with Gasteiger partial charge in [0.15, 0.2) is 13.6 Å². The molecule has 4 nitrogen and oxygen atoms in total. The Morgan fingerprint density at radius 2 is 1.09 bits per heavy atom. The zero-order chi connectivity index (χ0) is 23.9. The average Bonchev–Trinajstić information content (AvgIpc) is 2.73. The summed E-state index contributed by atoms with van der Waals surface area (Å²) in [6, 6.07) is 13.4. The second-order valence-corrected chi connectivity index (χ2v) is 22.4. The highest BCUT2D eigenvalue weighted by Gasteiger charge is 2.30. The fourth-order valence-corrected chi connectivity index (χ4v) is 9.55. The molecule has 0 amide bonds. The molecule has 0 bridgehead atoms. The van der Waals surface area contributed by atoms with Crippen molar-refractivity contribution < 1.29 is 18.9 Å². The molecule has 0 heterocycles. The van der Waals surface area contributed by atoms with Crippen molar-refractivity contribution in [2.45, 2.75) is 52.6 Å². The van der Waals surface area contributed by atoms with Gasteiger partial charge in [0.1, 0.15) is 11.5 Å². The summed E-state index contributed by atoms with van der Waals surface area (Å²) >= 11 is 0. The number of rotatable bonds is 12. The van der Waals surface area contributed by atoms with Crippen molar-refractivity contribution in [3.8, 4) is 11.5 Å². The lowest BCUT2D eigenvalue weighted by molar-refractivity contribution is 0.0525. The van der Waals surface area contributed by atoms with Gasteiger partial charge in [-0.05, 0) is 24.5 Å². The number of ether oxygens (including phenoxy) is 4. The summed E-state index contributed by atoms with van der Waals surface area (Å²) in [6.07, 6.45) is 2.17. The van der Waals surface area contributed by atoms with Crippen LogP contribution in [0.5, 0.6) is 11.5 Å². The van der Waals surface area contributed by atoms with Crippen molar-refractivity contribution >= 4 is 45.1 Å². The Balaban J connectivity index is 2.77. The minimum atomic E-state index is -1.62. The van der Waals surface area contributed by atoms with Crippen LogP contribution >= 0.6 is 7.92 Å². The quantitative estimate of drug-likeness (QED) is 0.247. The number of para-hydroxylation sites is 2. The second-order valence-electron chi connectivity index (χ2n) is 10.1. The van der Waals surface area contributed by atoms with Gasteiger partial charge < -0.3 is 18.9 Å². The van der Waals surface area contributed by atoms with Crippen molar-refractivity contribution in [2.75, 3.05) is 34.0 Å². The van der Waals surface area contributed by atoms with E-state index in [0.717, 1.165) is 24.1 Å². The van der Waals surface area contributed by atoms with Crippen LogP contribution in [0.3, 0.4) is 0 Å². The van der Waals surface area contributed by atoms with Gasteiger partial charge >= 0.3 is 0 Å². The van der Waals surface area contributed by atoms with Crippen LogP contribution in [0.4, 0.5) is 0 Å². The first-order chi connectivity index (χ1) is 15.1. The largest absolute Gasteiger partial charge is 0.467 e. The fraction of sp³-hybridized carbons (Fsp3) is 0.520. The van der Waals surface area contributed by atoms with Crippen LogP contribution in [0.2, 0.25) is 39.3 Å². The SMILES string of the molecule is CCCP(c1cccc([Si](C)(C)C)c1OCOC)c1cccc([Si](C)(C)C)c1OCOC. The Bertz CT molecular complexity index is 806. The summed E-state index contributed by atoms with van der Waals surface area (Å²) in [7, 11) is -0.546. The molecule has 0 saturated carbocycles. The Labute approximate surface area is 198 Å². The molecular weight excluding hydrogens is 451 g/mol. The first-order valence-electron chi connectivity index (χ1n) is 11.3. The molecule has 0 aliphatic rings. The summed E-state index contributed by atoms with van der Waals surface area (Å²) in [5, 5.41) is 5.26.